The Labute approximate surface area is 143 Å². The van der Waals surface area contributed by atoms with Crippen molar-refractivity contribution in [1.82, 2.24) is 14.5 Å². The van der Waals surface area contributed by atoms with E-state index in [0.717, 1.165) is 6.54 Å². The van der Waals surface area contributed by atoms with Crippen molar-refractivity contribution in [3.8, 4) is 0 Å². The molecule has 0 saturated heterocycles. The van der Waals surface area contributed by atoms with Gasteiger partial charge in [-0.2, -0.15) is 0 Å². The van der Waals surface area contributed by atoms with E-state index in [1.807, 2.05) is 24.6 Å². The van der Waals surface area contributed by atoms with Crippen LogP contribution in [0.2, 0.25) is 0 Å². The van der Waals surface area contributed by atoms with Crippen LogP contribution < -0.4 is 11.3 Å². The lowest BCUT2D eigenvalue weighted by Gasteiger charge is -2.18. The lowest BCUT2D eigenvalue weighted by molar-refractivity contribution is -0.118. The van der Waals surface area contributed by atoms with E-state index >= 15 is 0 Å². The third-order valence-corrected chi connectivity index (χ3v) is 4.53. The van der Waals surface area contributed by atoms with Crippen molar-refractivity contribution in [3.05, 3.63) is 62.8 Å². The molecule has 1 aromatic carbocycles. The van der Waals surface area contributed by atoms with Gasteiger partial charge in [-0.1, -0.05) is 18.2 Å². The van der Waals surface area contributed by atoms with Crippen molar-refractivity contribution >= 4 is 28.1 Å². The summed E-state index contributed by atoms with van der Waals surface area (Å²) in [7, 11) is 1.95. The van der Waals surface area contributed by atoms with Gasteiger partial charge in [0.2, 0.25) is 5.91 Å². The van der Waals surface area contributed by atoms with Crippen molar-refractivity contribution in [2.24, 2.45) is 5.73 Å². The summed E-state index contributed by atoms with van der Waals surface area (Å²) >= 11 is 1.68. The molecule has 0 radical (unpaired) electrons. The Bertz CT molecular complexity index is 918. The van der Waals surface area contributed by atoms with Gasteiger partial charge in [0.25, 0.3) is 5.56 Å². The van der Waals surface area contributed by atoms with Gasteiger partial charge in [0.05, 0.1) is 17.4 Å². The maximum Gasteiger partial charge on any atom is 0.261 e. The molecule has 0 aliphatic heterocycles. The lowest BCUT2D eigenvalue weighted by Crippen LogP contribution is -2.33. The fourth-order valence-electron chi connectivity index (χ4n) is 2.62. The fourth-order valence-corrected chi connectivity index (χ4v) is 3.40. The average molecular weight is 342 g/mol. The van der Waals surface area contributed by atoms with Crippen molar-refractivity contribution in [2.45, 2.75) is 19.6 Å². The molecule has 1 amide bonds. The highest BCUT2D eigenvalue weighted by molar-refractivity contribution is 7.09. The second-order valence-electron chi connectivity index (χ2n) is 5.65. The number of hydrogen-bond donors (Lipinski definition) is 1. The third kappa shape index (κ3) is 3.52. The number of para-hydroxylation sites is 1. The Morgan fingerprint density at radius 1 is 1.25 bits per heavy atom. The summed E-state index contributed by atoms with van der Waals surface area (Å²) in [6, 6.07) is 11.2. The zero-order valence-electron chi connectivity index (χ0n) is 13.3. The van der Waals surface area contributed by atoms with Crippen LogP contribution in [0.5, 0.6) is 0 Å². The van der Waals surface area contributed by atoms with E-state index in [4.69, 9.17) is 5.73 Å². The minimum Gasteiger partial charge on any atom is -0.368 e. The van der Waals surface area contributed by atoms with Gasteiger partial charge >= 0.3 is 0 Å². The molecule has 7 heteroatoms. The van der Waals surface area contributed by atoms with Gasteiger partial charge in [-0.05, 0) is 30.6 Å². The maximum absolute atomic E-state index is 12.7. The first-order valence-electron chi connectivity index (χ1n) is 7.52. The van der Waals surface area contributed by atoms with E-state index in [1.165, 1.54) is 9.44 Å². The second kappa shape index (κ2) is 6.94. The number of hydrogen-bond acceptors (Lipinski definition) is 5. The van der Waals surface area contributed by atoms with E-state index in [0.29, 0.717) is 23.3 Å². The highest BCUT2D eigenvalue weighted by Crippen LogP contribution is 2.13. The number of nitrogens with two attached hydrogens (primary N) is 1. The normalized spacial score (nSPS) is 11.2. The van der Waals surface area contributed by atoms with Crippen LogP contribution in [-0.2, 0) is 24.4 Å². The Hall–Kier alpha value is -2.51. The Kier molecular flexibility index (Phi) is 4.73. The quantitative estimate of drug-likeness (QED) is 0.737. The van der Waals surface area contributed by atoms with Gasteiger partial charge in [0.15, 0.2) is 0 Å². The Morgan fingerprint density at radius 3 is 2.75 bits per heavy atom. The molecule has 2 aromatic heterocycles. The number of fused-ring (bicyclic) bond motifs is 1. The number of aromatic nitrogens is 2. The smallest absolute Gasteiger partial charge is 0.261 e. The summed E-state index contributed by atoms with van der Waals surface area (Å²) in [5.74, 6) is -0.0205. The van der Waals surface area contributed by atoms with Gasteiger partial charge in [-0.3, -0.25) is 19.1 Å². The van der Waals surface area contributed by atoms with Crippen LogP contribution >= 0.6 is 11.3 Å². The molecule has 0 spiro atoms. The number of benzene rings is 1. The van der Waals surface area contributed by atoms with E-state index < -0.39 is 5.91 Å². The summed E-state index contributed by atoms with van der Waals surface area (Å²) in [6.45, 7) is 1.03. The number of amides is 1. The zero-order chi connectivity index (χ0) is 17.1. The van der Waals surface area contributed by atoms with Crippen LogP contribution in [0.1, 0.15) is 10.7 Å². The first kappa shape index (κ1) is 16.4. The van der Waals surface area contributed by atoms with E-state index in [1.54, 1.807) is 29.5 Å². The van der Waals surface area contributed by atoms with E-state index in [2.05, 4.69) is 16.0 Å². The minimum absolute atomic E-state index is 0.168. The van der Waals surface area contributed by atoms with Crippen molar-refractivity contribution in [3.63, 3.8) is 0 Å². The van der Waals surface area contributed by atoms with E-state index in [9.17, 15) is 9.59 Å². The minimum atomic E-state index is -0.559. The van der Waals surface area contributed by atoms with Crippen LogP contribution in [0.4, 0.5) is 0 Å². The number of rotatable bonds is 6. The summed E-state index contributed by atoms with van der Waals surface area (Å²) < 4.78 is 1.37. The first-order valence-corrected chi connectivity index (χ1v) is 8.40. The zero-order valence-corrected chi connectivity index (χ0v) is 14.1. The molecule has 0 bridgehead atoms. The van der Waals surface area contributed by atoms with Crippen LogP contribution in [0, 0.1) is 0 Å². The molecule has 0 atom stereocenters. The molecule has 2 N–H and O–H groups in total. The van der Waals surface area contributed by atoms with Crippen LogP contribution in [0.25, 0.3) is 10.9 Å². The molecule has 124 valence electrons. The van der Waals surface area contributed by atoms with Crippen LogP contribution in [0.3, 0.4) is 0 Å². The molecule has 3 aromatic rings. The summed E-state index contributed by atoms with van der Waals surface area (Å²) in [6.07, 6.45) is 0. The molecule has 0 aliphatic carbocycles. The maximum atomic E-state index is 12.7. The van der Waals surface area contributed by atoms with Crippen LogP contribution in [0.15, 0.2) is 46.6 Å². The largest absolute Gasteiger partial charge is 0.368 e. The number of carbonyl (C=O) groups is 1. The molecule has 0 fully saturated rings. The molecular formula is C17H18N4O2S. The monoisotopic (exact) mass is 342 g/mol. The number of thiophene rings is 1. The summed E-state index contributed by atoms with van der Waals surface area (Å²) in [5.41, 5.74) is 5.70. The molecule has 0 aliphatic rings. The molecular weight excluding hydrogens is 324 g/mol. The van der Waals surface area contributed by atoms with Gasteiger partial charge in [-0.25, -0.2) is 4.98 Å². The predicted molar refractivity (Wildman–Crippen MR) is 94.7 cm³/mol. The number of primary amides is 1. The van der Waals surface area contributed by atoms with Gasteiger partial charge < -0.3 is 5.73 Å². The fraction of sp³-hybridized carbons (Fsp3) is 0.235. The topological polar surface area (TPSA) is 81.2 Å². The Morgan fingerprint density at radius 2 is 2.04 bits per heavy atom. The standard InChI is InChI=1S/C17H18N4O2S/c1-20(9-12-5-4-8-24-12)11-16-19-14-7-3-2-6-13(14)17(23)21(16)10-15(18)22/h2-8H,9-11H2,1H3,(H2,18,22). The van der Waals surface area contributed by atoms with Crippen molar-refractivity contribution < 1.29 is 4.79 Å². The molecule has 24 heavy (non-hydrogen) atoms. The lowest BCUT2D eigenvalue weighted by atomic mass is 10.2. The average Bonchev–Trinajstić information content (AvgIpc) is 3.03. The van der Waals surface area contributed by atoms with Crippen molar-refractivity contribution in [2.75, 3.05) is 7.05 Å². The molecule has 0 unspecified atom stereocenters. The third-order valence-electron chi connectivity index (χ3n) is 3.67. The molecule has 2 heterocycles. The van der Waals surface area contributed by atoms with Gasteiger partial charge in [-0.15, -0.1) is 11.3 Å². The molecule has 3 rings (SSSR count). The number of carbonyl (C=O) groups excluding carboxylic acids is 1. The first-order chi connectivity index (χ1) is 11.5. The predicted octanol–water partition coefficient (Wildman–Crippen LogP) is 1.58. The number of nitrogens with zero attached hydrogens (tertiary/aromatic N) is 3. The summed E-state index contributed by atoms with van der Waals surface area (Å²) in [5, 5.41) is 2.52. The SMILES string of the molecule is CN(Cc1cccs1)Cc1nc2ccccc2c(=O)n1CC(N)=O. The second-order valence-corrected chi connectivity index (χ2v) is 6.69. The summed E-state index contributed by atoms with van der Waals surface area (Å²) in [4.78, 5) is 31.9. The van der Waals surface area contributed by atoms with Gasteiger partial charge in [0.1, 0.15) is 12.4 Å². The van der Waals surface area contributed by atoms with Gasteiger partial charge in [0, 0.05) is 11.4 Å². The molecule has 0 saturated carbocycles. The van der Waals surface area contributed by atoms with E-state index in [-0.39, 0.29) is 12.1 Å². The van der Waals surface area contributed by atoms with Crippen molar-refractivity contribution in [1.29, 1.82) is 0 Å². The Balaban J connectivity index is 1.98. The highest BCUT2D eigenvalue weighted by atomic mass is 32.1. The highest BCUT2D eigenvalue weighted by Gasteiger charge is 2.14. The molecule has 6 nitrogen and oxygen atoms in total. The van der Waals surface area contributed by atoms with Crippen LogP contribution in [-0.4, -0.2) is 27.4 Å².